The average Bonchev–Trinajstić information content (AvgIpc) is 4.01. The van der Waals surface area contributed by atoms with Gasteiger partial charge in [-0.25, -0.2) is 8.42 Å². The second-order valence-corrected chi connectivity index (χ2v) is 26.9. The zero-order valence-electron chi connectivity index (χ0n) is 45.1. The van der Waals surface area contributed by atoms with Gasteiger partial charge in [0.25, 0.3) is 0 Å². The van der Waals surface area contributed by atoms with Crippen molar-refractivity contribution in [1.29, 1.82) is 0 Å². The number of carboxylic acid groups (broad SMARTS) is 2. The molecule has 4 aromatic carbocycles. The van der Waals surface area contributed by atoms with Crippen molar-refractivity contribution in [1.82, 2.24) is 19.8 Å². The number of halogens is 2. The molecule has 414 valence electrons. The van der Waals surface area contributed by atoms with E-state index >= 15 is 0 Å². The minimum absolute atomic E-state index is 0.0966. The van der Waals surface area contributed by atoms with E-state index in [2.05, 4.69) is 30.8 Å². The van der Waals surface area contributed by atoms with Crippen molar-refractivity contribution < 1.29 is 47.2 Å². The summed E-state index contributed by atoms with van der Waals surface area (Å²) in [7, 11) is -4.85. The second-order valence-electron chi connectivity index (χ2n) is 21.0. The number of nitrogens with zero attached hydrogens (tertiary/aromatic N) is 6. The van der Waals surface area contributed by atoms with E-state index in [0.717, 1.165) is 46.2 Å². The van der Waals surface area contributed by atoms with Crippen LogP contribution in [0.15, 0.2) is 106 Å². The molecule has 6 aromatic rings. The summed E-state index contributed by atoms with van der Waals surface area (Å²) in [4.78, 5) is 37.3. The fourth-order valence-corrected chi connectivity index (χ4v) is 11.6. The van der Waals surface area contributed by atoms with Gasteiger partial charge in [0, 0.05) is 104 Å². The third-order valence-electron chi connectivity index (χ3n) is 14.4. The Hall–Kier alpha value is -6.28. The van der Waals surface area contributed by atoms with Crippen LogP contribution in [0.3, 0.4) is 0 Å². The van der Waals surface area contributed by atoms with Crippen LogP contribution in [0.25, 0.3) is 11.1 Å². The van der Waals surface area contributed by atoms with E-state index < -0.39 is 42.5 Å². The first-order chi connectivity index (χ1) is 36.9. The topological polar surface area (TPSA) is 203 Å². The van der Waals surface area contributed by atoms with Crippen LogP contribution in [0.5, 0.6) is 23.0 Å². The number of hydrogen-bond acceptors (Lipinski definition) is 14. The average molecular weight is 1140 g/mol. The number of aromatic nitrogens is 2. The predicted molar refractivity (Wildman–Crippen MR) is 306 cm³/mol. The molecule has 0 unspecified atom stereocenters. The van der Waals surface area contributed by atoms with E-state index in [1.165, 1.54) is 0 Å². The van der Waals surface area contributed by atoms with Gasteiger partial charge in [-0.1, -0.05) is 59.6 Å². The molecule has 8 rings (SSSR count). The quantitative estimate of drug-likeness (QED) is 0.0689. The minimum Gasteiger partial charge on any atom is -0.488 e. The lowest BCUT2D eigenvalue weighted by Gasteiger charge is -2.31. The largest absolute Gasteiger partial charge is 0.488 e. The number of aliphatic carboxylic acids is 2. The van der Waals surface area contributed by atoms with Gasteiger partial charge < -0.3 is 29.2 Å². The maximum Gasteiger partial charge on any atom is 0.323 e. The van der Waals surface area contributed by atoms with Crippen LogP contribution >= 0.6 is 23.2 Å². The molecule has 0 spiro atoms. The first kappa shape index (κ1) is 57.9. The van der Waals surface area contributed by atoms with Crippen LogP contribution in [0.4, 0.5) is 11.4 Å². The Morgan fingerprint density at radius 3 is 1.33 bits per heavy atom. The highest BCUT2D eigenvalue weighted by Gasteiger charge is 2.44. The highest BCUT2D eigenvalue weighted by atomic mass is 35.5. The Morgan fingerprint density at radius 2 is 0.962 bits per heavy atom. The standard InChI is InChI=1S/C58H66Cl2N6O10S2/c1-37-41(35-75-53-25-51(73-33-39-21-45(29-61-27-39)63-77(5,6)71)43(23-49(53)59)31-65-19-11-17-57(65,3)55(67)68)13-9-15-47(37)48-16-10-14-42(38(48)2)36-76-54-26-52(74-34-40-22-46(30-62-28-40)64-78(7,8)72)44(24-50(54)60)32-66-20-12-18-58(66,4)56(69)70/h9-10,13-16,21-30H,11-12,17-20,31-36H2,1-8H3,(H,67,68)(H,69,70)/t57-,58-/m0/s1. The molecule has 16 nitrogen and oxygen atoms in total. The van der Waals surface area contributed by atoms with Gasteiger partial charge >= 0.3 is 11.9 Å². The third-order valence-corrected chi connectivity index (χ3v) is 16.3. The Labute approximate surface area is 467 Å². The summed E-state index contributed by atoms with van der Waals surface area (Å²) in [5.74, 6) is -0.0735. The van der Waals surface area contributed by atoms with E-state index in [1.54, 1.807) is 100 Å². The van der Waals surface area contributed by atoms with Gasteiger partial charge in [-0.05, 0) is 124 Å². The molecule has 4 heterocycles. The van der Waals surface area contributed by atoms with Crippen LogP contribution in [-0.2, 0) is 68.6 Å². The van der Waals surface area contributed by atoms with Crippen molar-refractivity contribution in [3.63, 3.8) is 0 Å². The molecular weight excluding hydrogens is 1080 g/mol. The van der Waals surface area contributed by atoms with E-state index in [4.69, 9.17) is 42.1 Å². The molecule has 2 atom stereocenters. The maximum atomic E-state index is 12.4. The Bertz CT molecular complexity index is 3280. The van der Waals surface area contributed by atoms with Crippen molar-refractivity contribution in [2.24, 2.45) is 8.73 Å². The molecule has 2 aromatic heterocycles. The number of ether oxygens (including phenoxy) is 4. The molecule has 2 fully saturated rings. The van der Waals surface area contributed by atoms with Crippen molar-refractivity contribution >= 4 is 66.0 Å². The van der Waals surface area contributed by atoms with Crippen molar-refractivity contribution in [2.75, 3.05) is 38.1 Å². The first-order valence-corrected chi connectivity index (χ1v) is 30.8. The molecule has 78 heavy (non-hydrogen) atoms. The summed E-state index contributed by atoms with van der Waals surface area (Å²) in [6.07, 6.45) is 15.1. The Kier molecular flexibility index (Phi) is 17.8. The van der Waals surface area contributed by atoms with Gasteiger partial charge in [-0.15, -0.1) is 0 Å². The number of benzene rings is 4. The van der Waals surface area contributed by atoms with Crippen LogP contribution in [0.1, 0.15) is 84.0 Å². The van der Waals surface area contributed by atoms with E-state index in [-0.39, 0.29) is 39.5 Å². The minimum atomic E-state index is -2.42. The number of rotatable bonds is 21. The van der Waals surface area contributed by atoms with Crippen molar-refractivity contribution in [2.45, 2.75) is 104 Å². The molecule has 0 aliphatic carbocycles. The smallest absolute Gasteiger partial charge is 0.323 e. The summed E-state index contributed by atoms with van der Waals surface area (Å²) >= 11 is 14.0. The summed E-state index contributed by atoms with van der Waals surface area (Å²) in [6.45, 7) is 9.87. The second kappa shape index (κ2) is 24.0. The lowest BCUT2D eigenvalue weighted by Crippen LogP contribution is -2.47. The fourth-order valence-electron chi connectivity index (χ4n) is 9.94. The molecule has 0 saturated carbocycles. The van der Waals surface area contributed by atoms with E-state index in [9.17, 15) is 28.2 Å². The SMILES string of the molecule is Cc1c(COc2cc(OCc3cncc(N=S(C)(C)=O)c3)c(CN3CCC[C@@]3(C)C(=O)O)cc2Cl)cccc1-c1cccc(COc2cc(OCc3cncc(N=S(C)(C)=O)c3)c(CN3CCC[C@@]3(C)C(=O)O)cc2Cl)c1C. The molecule has 20 heteroatoms. The van der Waals surface area contributed by atoms with E-state index in [1.807, 2.05) is 47.9 Å². The lowest BCUT2D eigenvalue weighted by molar-refractivity contribution is -0.149. The monoisotopic (exact) mass is 1140 g/mol. The fraction of sp³-hybridized carbons (Fsp3) is 0.379. The number of carbonyl (C=O) groups is 2. The van der Waals surface area contributed by atoms with Gasteiger partial charge in [0.2, 0.25) is 0 Å². The van der Waals surface area contributed by atoms with Gasteiger partial charge in [0.05, 0.1) is 33.8 Å². The molecule has 2 N–H and O–H groups in total. The molecule has 2 aliphatic rings. The number of hydrogen-bond donors (Lipinski definition) is 2. The zero-order valence-corrected chi connectivity index (χ0v) is 48.3. The molecule has 2 aliphatic heterocycles. The van der Waals surface area contributed by atoms with Gasteiger partial charge in [-0.3, -0.25) is 29.4 Å². The zero-order chi connectivity index (χ0) is 56.2. The first-order valence-electron chi connectivity index (χ1n) is 25.4. The van der Waals surface area contributed by atoms with E-state index in [0.29, 0.717) is 92.6 Å². The van der Waals surface area contributed by atoms with Crippen molar-refractivity contribution in [3.8, 4) is 34.1 Å². The molecular formula is C58H66Cl2N6O10S2. The number of pyridine rings is 2. The molecule has 0 radical (unpaired) electrons. The molecule has 0 bridgehead atoms. The number of carboxylic acids is 2. The van der Waals surface area contributed by atoms with Gasteiger partial charge in [-0.2, -0.15) is 8.73 Å². The van der Waals surface area contributed by atoms with Crippen LogP contribution in [0.2, 0.25) is 10.0 Å². The third kappa shape index (κ3) is 13.9. The van der Waals surface area contributed by atoms with Crippen LogP contribution in [0, 0.1) is 13.8 Å². The Balaban J connectivity index is 1.02. The number of likely N-dealkylation sites (tertiary alicyclic amines) is 2. The summed E-state index contributed by atoms with van der Waals surface area (Å²) in [5.41, 5.74) is 7.46. The highest BCUT2D eigenvalue weighted by Crippen LogP contribution is 2.41. The molecule has 2 saturated heterocycles. The lowest BCUT2D eigenvalue weighted by atomic mass is 9.92. The van der Waals surface area contributed by atoms with Gasteiger partial charge in [0.15, 0.2) is 0 Å². The van der Waals surface area contributed by atoms with Crippen LogP contribution in [-0.4, -0.2) is 99.5 Å². The Morgan fingerprint density at radius 1 is 0.577 bits per heavy atom. The van der Waals surface area contributed by atoms with Crippen molar-refractivity contribution in [3.05, 3.63) is 152 Å². The predicted octanol–water partition coefficient (Wildman–Crippen LogP) is 12.0. The normalized spacial score (nSPS) is 17.9. The highest BCUT2D eigenvalue weighted by molar-refractivity contribution is 7.92. The molecule has 0 amide bonds. The maximum absolute atomic E-state index is 12.4. The van der Waals surface area contributed by atoms with Gasteiger partial charge in [0.1, 0.15) is 60.5 Å². The summed E-state index contributed by atoms with van der Waals surface area (Å²) in [5, 5.41) is 21.1. The summed E-state index contributed by atoms with van der Waals surface area (Å²) in [6, 6.07) is 22.7. The van der Waals surface area contributed by atoms with Crippen LogP contribution < -0.4 is 18.9 Å². The summed E-state index contributed by atoms with van der Waals surface area (Å²) < 4.78 is 59.3.